The molecule has 2 unspecified atom stereocenters. The van der Waals surface area contributed by atoms with Gasteiger partial charge in [-0.2, -0.15) is 0 Å². The minimum absolute atomic E-state index is 0.0494. The lowest BCUT2D eigenvalue weighted by atomic mass is 9.85. The maximum absolute atomic E-state index is 6.89. The number of fused-ring (bicyclic) bond motifs is 6. The number of para-hydroxylation sites is 1. The van der Waals surface area contributed by atoms with Crippen LogP contribution in [0.4, 0.5) is 0 Å². The molecule has 3 heteroatoms. The fourth-order valence-electron chi connectivity index (χ4n) is 7.01. The number of hydrogen-bond donors (Lipinski definition) is 0. The summed E-state index contributed by atoms with van der Waals surface area (Å²) in [5.74, 6) is 1.18. The van der Waals surface area contributed by atoms with E-state index in [1.54, 1.807) is 0 Å². The molecule has 0 radical (unpaired) electrons. The number of aryl methyl sites for hydroxylation is 2. The molecule has 0 fully saturated rings. The molecular formula is C38H39N2O+. The summed E-state index contributed by atoms with van der Waals surface area (Å²) < 4.78 is 11.6. The summed E-state index contributed by atoms with van der Waals surface area (Å²) in [5, 5.41) is 2.57. The molecule has 41 heavy (non-hydrogen) atoms. The van der Waals surface area contributed by atoms with Crippen molar-refractivity contribution in [3.05, 3.63) is 118 Å². The maximum Gasteiger partial charge on any atom is 0.230 e. The molecule has 3 nitrogen and oxygen atoms in total. The number of benzene rings is 4. The van der Waals surface area contributed by atoms with E-state index >= 15 is 0 Å². The van der Waals surface area contributed by atoms with Crippen LogP contribution in [0.15, 0.2) is 85.1 Å². The predicted molar refractivity (Wildman–Crippen MR) is 171 cm³/mol. The fraction of sp³-hybridized carbons (Fsp3) is 0.289. The van der Waals surface area contributed by atoms with Crippen molar-refractivity contribution < 1.29 is 9.31 Å². The lowest BCUT2D eigenvalue weighted by Gasteiger charge is -2.21. The first-order valence-electron chi connectivity index (χ1n) is 14.8. The predicted octanol–water partition coefficient (Wildman–Crippen LogP) is 8.80. The Hall–Kier alpha value is -4.11. The van der Waals surface area contributed by atoms with Gasteiger partial charge in [0.2, 0.25) is 5.71 Å². The quantitative estimate of drug-likeness (QED) is 0.209. The third-order valence-corrected chi connectivity index (χ3v) is 8.92. The molecule has 7 rings (SSSR count). The first-order valence-corrected chi connectivity index (χ1v) is 14.8. The largest absolute Gasteiger partial charge is 0.478 e. The van der Waals surface area contributed by atoms with Crippen LogP contribution in [0.2, 0.25) is 0 Å². The van der Waals surface area contributed by atoms with Crippen molar-refractivity contribution in [2.24, 2.45) is 5.41 Å². The normalized spacial score (nSPS) is 18.2. The van der Waals surface area contributed by atoms with E-state index in [1.165, 1.54) is 60.9 Å². The zero-order chi connectivity index (χ0) is 28.6. The summed E-state index contributed by atoms with van der Waals surface area (Å²) in [4.78, 5) is 0. The zero-order valence-corrected chi connectivity index (χ0v) is 25.2. The van der Waals surface area contributed by atoms with E-state index in [2.05, 4.69) is 143 Å². The molecule has 3 heterocycles. The monoisotopic (exact) mass is 539 g/mol. The smallest absolute Gasteiger partial charge is 0.230 e. The van der Waals surface area contributed by atoms with Crippen molar-refractivity contribution in [1.82, 2.24) is 4.57 Å². The Kier molecular flexibility index (Phi) is 5.80. The second-order valence-electron chi connectivity index (χ2n) is 13.3. The summed E-state index contributed by atoms with van der Waals surface area (Å²) >= 11 is 0. The van der Waals surface area contributed by atoms with Crippen LogP contribution in [0.25, 0.3) is 27.5 Å². The van der Waals surface area contributed by atoms with E-state index in [9.17, 15) is 0 Å². The van der Waals surface area contributed by atoms with Crippen molar-refractivity contribution in [2.45, 2.75) is 60.0 Å². The van der Waals surface area contributed by atoms with E-state index in [1.807, 2.05) is 0 Å². The third-order valence-electron chi connectivity index (χ3n) is 8.92. The van der Waals surface area contributed by atoms with Crippen LogP contribution in [0.5, 0.6) is 5.75 Å². The summed E-state index contributed by atoms with van der Waals surface area (Å²) in [6.07, 6.45) is 5.50. The molecule has 2 aliphatic heterocycles. The Morgan fingerprint density at radius 1 is 0.854 bits per heavy atom. The van der Waals surface area contributed by atoms with Crippen LogP contribution in [-0.2, 0) is 6.42 Å². The van der Waals surface area contributed by atoms with Gasteiger partial charge in [-0.05, 0) is 79.6 Å². The molecule has 2 aliphatic rings. The second-order valence-corrected chi connectivity index (χ2v) is 13.3. The minimum atomic E-state index is -0.0494. The van der Waals surface area contributed by atoms with Gasteiger partial charge >= 0.3 is 0 Å². The molecule has 1 aromatic heterocycles. The van der Waals surface area contributed by atoms with Crippen molar-refractivity contribution in [2.75, 3.05) is 7.05 Å². The number of aromatic nitrogens is 1. The SMILES string of the molecule is Cc1cc(C)c(C)c(C2=[N+](C)C=CC3c4ccc(-n5c6ccccc6c6ccc(CC(C)(C)C)cc65)cc4OC23)c1. The van der Waals surface area contributed by atoms with Gasteiger partial charge < -0.3 is 9.30 Å². The van der Waals surface area contributed by atoms with Crippen molar-refractivity contribution in [3.63, 3.8) is 0 Å². The van der Waals surface area contributed by atoms with Crippen LogP contribution in [0.1, 0.15) is 60.1 Å². The average Bonchev–Trinajstić information content (AvgIpc) is 3.44. The Morgan fingerprint density at radius 2 is 1.63 bits per heavy atom. The summed E-state index contributed by atoms with van der Waals surface area (Å²) in [6, 6.07) is 27.2. The number of rotatable bonds is 3. The number of nitrogens with zero attached hydrogens (tertiary/aromatic N) is 2. The van der Waals surface area contributed by atoms with Gasteiger partial charge in [0.25, 0.3) is 0 Å². The van der Waals surface area contributed by atoms with Crippen molar-refractivity contribution in [3.8, 4) is 11.4 Å². The lowest BCUT2D eigenvalue weighted by Crippen LogP contribution is -2.37. The third kappa shape index (κ3) is 4.22. The molecule has 0 spiro atoms. The van der Waals surface area contributed by atoms with Crippen molar-refractivity contribution >= 4 is 27.5 Å². The molecule has 2 atom stereocenters. The van der Waals surface area contributed by atoms with Crippen LogP contribution >= 0.6 is 0 Å². The zero-order valence-electron chi connectivity index (χ0n) is 25.2. The molecular weight excluding hydrogens is 500 g/mol. The van der Waals surface area contributed by atoms with Gasteiger partial charge in [0.15, 0.2) is 12.3 Å². The van der Waals surface area contributed by atoms with E-state index < -0.39 is 0 Å². The van der Waals surface area contributed by atoms with Crippen LogP contribution in [0.3, 0.4) is 0 Å². The molecule has 0 aliphatic carbocycles. The Morgan fingerprint density at radius 3 is 2.44 bits per heavy atom. The highest BCUT2D eigenvalue weighted by molar-refractivity contribution is 6.09. The van der Waals surface area contributed by atoms with Gasteiger partial charge in [0, 0.05) is 33.7 Å². The topological polar surface area (TPSA) is 17.2 Å². The molecule has 0 saturated heterocycles. The van der Waals surface area contributed by atoms with E-state index in [4.69, 9.17) is 4.74 Å². The highest BCUT2D eigenvalue weighted by Gasteiger charge is 2.44. The van der Waals surface area contributed by atoms with Gasteiger partial charge in [0.1, 0.15) is 12.8 Å². The van der Waals surface area contributed by atoms with Crippen molar-refractivity contribution in [1.29, 1.82) is 0 Å². The molecule has 0 amide bonds. The van der Waals surface area contributed by atoms with Gasteiger partial charge in [0.05, 0.1) is 17.0 Å². The van der Waals surface area contributed by atoms with Gasteiger partial charge in [-0.1, -0.05) is 68.8 Å². The average molecular weight is 540 g/mol. The van der Waals surface area contributed by atoms with Gasteiger partial charge in [-0.15, -0.1) is 0 Å². The molecule has 0 bridgehead atoms. The van der Waals surface area contributed by atoms with E-state index in [0.717, 1.165) is 17.9 Å². The van der Waals surface area contributed by atoms with Crippen LogP contribution in [0, 0.1) is 26.2 Å². The Bertz CT molecular complexity index is 1930. The molecule has 4 aromatic carbocycles. The lowest BCUT2D eigenvalue weighted by molar-refractivity contribution is -0.427. The van der Waals surface area contributed by atoms with Crippen LogP contribution in [-0.4, -0.2) is 28.0 Å². The summed E-state index contributed by atoms with van der Waals surface area (Å²) in [7, 11) is 2.14. The number of ether oxygens (including phenoxy) is 1. The highest BCUT2D eigenvalue weighted by Crippen LogP contribution is 2.44. The molecule has 5 aromatic rings. The Labute approximate surface area is 243 Å². The second kappa shape index (κ2) is 9.21. The van der Waals surface area contributed by atoms with Crippen LogP contribution < -0.4 is 4.74 Å². The first kappa shape index (κ1) is 25.8. The van der Waals surface area contributed by atoms with E-state index in [0.29, 0.717) is 0 Å². The first-order chi connectivity index (χ1) is 19.6. The molecule has 0 saturated carbocycles. The summed E-state index contributed by atoms with van der Waals surface area (Å²) in [6.45, 7) is 13.5. The maximum atomic E-state index is 6.89. The highest BCUT2D eigenvalue weighted by atomic mass is 16.5. The van der Waals surface area contributed by atoms with Gasteiger partial charge in [-0.3, -0.25) is 0 Å². The Balaban J connectivity index is 1.36. The standard InChI is InChI=1S/C38H39N2O/c1-23-18-24(2)25(3)32(19-23)36-37-31(16-17-39(36)7)30-15-13-27(21-35(30)41-37)40-33-11-9-8-10-28(33)29-14-12-26(20-34(29)40)22-38(4,5)6/h8-21,31,37H,22H2,1-7H3/q+1. The van der Waals surface area contributed by atoms with E-state index in [-0.39, 0.29) is 17.4 Å². The molecule has 0 N–H and O–H groups in total. The molecule has 206 valence electrons. The van der Waals surface area contributed by atoms with Gasteiger partial charge in [-0.25, -0.2) is 4.58 Å². The summed E-state index contributed by atoms with van der Waals surface area (Å²) in [5.41, 5.74) is 12.9. The number of hydrogen-bond acceptors (Lipinski definition) is 1. The fourth-order valence-corrected chi connectivity index (χ4v) is 7.01. The minimum Gasteiger partial charge on any atom is -0.478 e.